The molecule has 0 aromatic carbocycles. The van der Waals surface area contributed by atoms with Crippen molar-refractivity contribution in [1.82, 2.24) is 14.7 Å². The molecule has 3 saturated heterocycles. The Hall–Kier alpha value is -1.42. The largest absolute Gasteiger partial charge is 0.507 e. The van der Waals surface area contributed by atoms with E-state index in [1.807, 2.05) is 0 Å². The third-order valence-corrected chi connectivity index (χ3v) is 8.25. The summed E-state index contributed by atoms with van der Waals surface area (Å²) in [6.07, 6.45) is 5.68. The number of likely N-dealkylation sites (tertiary alicyclic amines) is 1. The molecule has 1 aromatic rings. The molecule has 0 spiro atoms. The van der Waals surface area contributed by atoms with Gasteiger partial charge in [-0.1, -0.05) is 6.42 Å². The SMILES string of the molecule is O=c1occ(CN2CCCCC2)c(O)c1CN1CCN([C@H]2CCS(=O)(=O)C2)CC1. The monoisotopic (exact) mass is 425 g/mol. The van der Waals surface area contributed by atoms with Gasteiger partial charge in [0.1, 0.15) is 12.0 Å². The van der Waals surface area contributed by atoms with Crippen LogP contribution in [-0.4, -0.2) is 85.0 Å². The molecule has 9 heteroatoms. The van der Waals surface area contributed by atoms with Gasteiger partial charge in [0.25, 0.3) is 0 Å². The second kappa shape index (κ2) is 8.75. The lowest BCUT2D eigenvalue weighted by Crippen LogP contribution is -2.50. The van der Waals surface area contributed by atoms with Crippen molar-refractivity contribution in [3.8, 4) is 5.75 Å². The lowest BCUT2D eigenvalue weighted by molar-refractivity contribution is 0.0985. The molecule has 1 aromatic heterocycles. The fourth-order valence-corrected chi connectivity index (χ4v) is 6.49. The quantitative estimate of drug-likeness (QED) is 0.734. The average molecular weight is 426 g/mol. The molecule has 0 saturated carbocycles. The first kappa shape index (κ1) is 20.8. The molecule has 4 heterocycles. The van der Waals surface area contributed by atoms with Crippen LogP contribution in [0.4, 0.5) is 0 Å². The van der Waals surface area contributed by atoms with Crippen LogP contribution >= 0.6 is 0 Å². The maximum absolute atomic E-state index is 12.3. The van der Waals surface area contributed by atoms with Crippen molar-refractivity contribution < 1.29 is 17.9 Å². The molecule has 29 heavy (non-hydrogen) atoms. The fraction of sp³-hybridized carbons (Fsp3) is 0.750. The molecule has 1 N–H and O–H groups in total. The van der Waals surface area contributed by atoms with E-state index in [4.69, 9.17) is 4.42 Å². The first-order valence-electron chi connectivity index (χ1n) is 10.6. The predicted molar refractivity (Wildman–Crippen MR) is 110 cm³/mol. The number of hydrogen-bond donors (Lipinski definition) is 1. The first-order valence-corrected chi connectivity index (χ1v) is 12.4. The van der Waals surface area contributed by atoms with Gasteiger partial charge in [-0.3, -0.25) is 14.7 Å². The van der Waals surface area contributed by atoms with Crippen molar-refractivity contribution in [1.29, 1.82) is 0 Å². The zero-order chi connectivity index (χ0) is 20.4. The Labute approximate surface area is 172 Å². The van der Waals surface area contributed by atoms with Crippen LogP contribution in [0.3, 0.4) is 0 Å². The lowest BCUT2D eigenvalue weighted by Gasteiger charge is -2.37. The van der Waals surface area contributed by atoms with Crippen molar-refractivity contribution in [3.63, 3.8) is 0 Å². The fourth-order valence-electron chi connectivity index (χ4n) is 4.73. The number of piperazine rings is 1. The highest BCUT2D eigenvalue weighted by Crippen LogP contribution is 2.25. The molecule has 3 aliphatic heterocycles. The molecule has 0 aliphatic carbocycles. The Bertz CT molecular complexity index is 871. The van der Waals surface area contributed by atoms with Crippen LogP contribution < -0.4 is 5.63 Å². The van der Waals surface area contributed by atoms with Gasteiger partial charge in [-0.25, -0.2) is 13.2 Å². The average Bonchev–Trinajstić information content (AvgIpc) is 3.08. The van der Waals surface area contributed by atoms with E-state index in [1.165, 1.54) is 12.7 Å². The second-order valence-electron chi connectivity index (χ2n) is 8.58. The highest BCUT2D eigenvalue weighted by Gasteiger charge is 2.34. The van der Waals surface area contributed by atoms with Gasteiger partial charge in [-0.05, 0) is 32.4 Å². The van der Waals surface area contributed by atoms with E-state index < -0.39 is 15.5 Å². The van der Waals surface area contributed by atoms with Gasteiger partial charge in [0.2, 0.25) is 0 Å². The van der Waals surface area contributed by atoms with E-state index in [0.29, 0.717) is 30.6 Å². The Balaban J connectivity index is 1.37. The standard InChI is InChI=1S/C20H31N3O5S/c24-19-16(12-21-5-2-1-3-6-21)14-28-20(25)18(19)13-22-7-9-23(10-8-22)17-4-11-29(26,27)15-17/h14,17,24H,1-13,15H2/t17-/m0/s1. The van der Waals surface area contributed by atoms with Crippen molar-refractivity contribution in [2.24, 2.45) is 0 Å². The molecule has 3 aliphatic rings. The normalized spacial score (nSPS) is 26.7. The minimum atomic E-state index is -2.88. The van der Waals surface area contributed by atoms with Crippen molar-refractivity contribution in [3.05, 3.63) is 27.8 Å². The number of rotatable bonds is 5. The van der Waals surface area contributed by atoms with Crippen molar-refractivity contribution in [2.75, 3.05) is 50.8 Å². The summed E-state index contributed by atoms with van der Waals surface area (Å²) in [5.74, 6) is 0.614. The number of piperidine rings is 1. The second-order valence-corrected chi connectivity index (χ2v) is 10.8. The van der Waals surface area contributed by atoms with Gasteiger partial charge in [0, 0.05) is 50.9 Å². The molecule has 4 rings (SSSR count). The number of sulfone groups is 1. The molecule has 162 valence electrons. The van der Waals surface area contributed by atoms with Crippen LogP contribution in [0.2, 0.25) is 0 Å². The van der Waals surface area contributed by atoms with Gasteiger partial charge in [-0.2, -0.15) is 0 Å². The molecule has 0 unspecified atom stereocenters. The van der Waals surface area contributed by atoms with E-state index in [-0.39, 0.29) is 23.3 Å². The smallest absolute Gasteiger partial charge is 0.343 e. The van der Waals surface area contributed by atoms with E-state index in [9.17, 15) is 18.3 Å². The van der Waals surface area contributed by atoms with Gasteiger partial charge in [0.05, 0.1) is 17.1 Å². The summed E-state index contributed by atoms with van der Waals surface area (Å²) in [5.41, 5.74) is 0.530. The summed E-state index contributed by atoms with van der Waals surface area (Å²) in [5, 5.41) is 10.7. The van der Waals surface area contributed by atoms with Crippen LogP contribution in [0.25, 0.3) is 0 Å². The Morgan fingerprint density at radius 2 is 1.69 bits per heavy atom. The third-order valence-electron chi connectivity index (χ3n) is 6.50. The first-order chi connectivity index (χ1) is 13.9. The van der Waals surface area contributed by atoms with Crippen LogP contribution in [0.5, 0.6) is 5.75 Å². The molecular formula is C20H31N3O5S. The number of aromatic hydroxyl groups is 1. The Morgan fingerprint density at radius 1 is 1.00 bits per heavy atom. The zero-order valence-electron chi connectivity index (χ0n) is 16.9. The lowest BCUT2D eigenvalue weighted by atomic mass is 10.1. The van der Waals surface area contributed by atoms with Crippen molar-refractivity contribution in [2.45, 2.75) is 44.8 Å². The minimum Gasteiger partial charge on any atom is -0.507 e. The summed E-state index contributed by atoms with van der Waals surface area (Å²) in [6.45, 7) is 6.02. The molecule has 8 nitrogen and oxygen atoms in total. The van der Waals surface area contributed by atoms with Gasteiger partial charge in [-0.15, -0.1) is 0 Å². The van der Waals surface area contributed by atoms with Gasteiger partial charge >= 0.3 is 5.63 Å². The molecule has 3 fully saturated rings. The van der Waals surface area contributed by atoms with E-state index >= 15 is 0 Å². The van der Waals surface area contributed by atoms with Crippen LogP contribution in [-0.2, 0) is 22.9 Å². The van der Waals surface area contributed by atoms with E-state index in [2.05, 4.69) is 14.7 Å². The zero-order valence-corrected chi connectivity index (χ0v) is 17.7. The molecule has 1 atom stereocenters. The van der Waals surface area contributed by atoms with Crippen LogP contribution in [0.1, 0.15) is 36.8 Å². The van der Waals surface area contributed by atoms with E-state index in [0.717, 1.165) is 52.1 Å². The van der Waals surface area contributed by atoms with Gasteiger partial charge in [0.15, 0.2) is 9.84 Å². The predicted octanol–water partition coefficient (Wildman–Crippen LogP) is 0.636. The summed E-state index contributed by atoms with van der Waals surface area (Å²) in [4.78, 5) is 18.9. The maximum atomic E-state index is 12.3. The number of nitrogens with zero attached hydrogens (tertiary/aromatic N) is 3. The molecule has 0 radical (unpaired) electrons. The minimum absolute atomic E-state index is 0.0659. The summed E-state index contributed by atoms with van der Waals surface area (Å²) >= 11 is 0. The van der Waals surface area contributed by atoms with Crippen LogP contribution in [0.15, 0.2) is 15.5 Å². The topological polar surface area (TPSA) is 94.3 Å². The highest BCUT2D eigenvalue weighted by molar-refractivity contribution is 7.91. The molecular weight excluding hydrogens is 394 g/mol. The Morgan fingerprint density at radius 3 is 2.34 bits per heavy atom. The van der Waals surface area contributed by atoms with E-state index in [1.54, 1.807) is 0 Å². The van der Waals surface area contributed by atoms with Crippen LogP contribution in [0, 0.1) is 0 Å². The Kier molecular flexibility index (Phi) is 6.29. The summed E-state index contributed by atoms with van der Waals surface area (Å²) in [6, 6.07) is 0.119. The number of hydrogen-bond acceptors (Lipinski definition) is 8. The summed E-state index contributed by atoms with van der Waals surface area (Å²) in [7, 11) is -2.88. The maximum Gasteiger partial charge on any atom is 0.343 e. The third kappa shape index (κ3) is 5.02. The molecule has 0 bridgehead atoms. The van der Waals surface area contributed by atoms with Gasteiger partial charge < -0.3 is 9.52 Å². The highest BCUT2D eigenvalue weighted by atomic mass is 32.2. The van der Waals surface area contributed by atoms with Crippen molar-refractivity contribution >= 4 is 9.84 Å². The summed E-state index contributed by atoms with van der Waals surface area (Å²) < 4.78 is 28.7. The molecule has 0 amide bonds.